The number of rotatable bonds is 7. The van der Waals surface area contributed by atoms with Crippen LogP contribution in [0.3, 0.4) is 0 Å². The first-order valence-electron chi connectivity index (χ1n) is 9.23. The van der Waals surface area contributed by atoms with Gasteiger partial charge in [0.25, 0.3) is 0 Å². The summed E-state index contributed by atoms with van der Waals surface area (Å²) < 4.78 is 28.1. The van der Waals surface area contributed by atoms with E-state index in [0.29, 0.717) is 19.4 Å². The van der Waals surface area contributed by atoms with Crippen molar-refractivity contribution in [2.75, 3.05) is 11.4 Å². The first-order valence-corrected chi connectivity index (χ1v) is 11.6. The lowest BCUT2D eigenvalue weighted by Crippen LogP contribution is -2.35. The SMILES string of the molecule is CCCN1C(=O)CCc2cc(CNS(=O)(=O)/C=C/c3ccc(Br)cc3)ccc21. The summed E-state index contributed by atoms with van der Waals surface area (Å²) in [6, 6.07) is 13.2. The largest absolute Gasteiger partial charge is 0.312 e. The van der Waals surface area contributed by atoms with Gasteiger partial charge in [0.15, 0.2) is 0 Å². The van der Waals surface area contributed by atoms with Gasteiger partial charge in [-0.2, -0.15) is 0 Å². The first kappa shape index (κ1) is 20.8. The zero-order valence-corrected chi connectivity index (χ0v) is 18.1. The zero-order valence-electron chi connectivity index (χ0n) is 15.7. The van der Waals surface area contributed by atoms with Crippen molar-refractivity contribution >= 4 is 43.6 Å². The van der Waals surface area contributed by atoms with Gasteiger partial charge < -0.3 is 4.90 Å². The van der Waals surface area contributed by atoms with Crippen LogP contribution < -0.4 is 9.62 Å². The molecule has 0 spiro atoms. The van der Waals surface area contributed by atoms with Gasteiger partial charge in [0.05, 0.1) is 0 Å². The molecule has 0 atom stereocenters. The van der Waals surface area contributed by atoms with E-state index in [2.05, 4.69) is 20.7 Å². The minimum absolute atomic E-state index is 0.154. The first-order chi connectivity index (χ1) is 13.4. The van der Waals surface area contributed by atoms with E-state index in [1.165, 1.54) is 5.41 Å². The van der Waals surface area contributed by atoms with Crippen molar-refractivity contribution < 1.29 is 13.2 Å². The van der Waals surface area contributed by atoms with Crippen molar-refractivity contribution in [3.8, 4) is 0 Å². The highest BCUT2D eigenvalue weighted by molar-refractivity contribution is 9.10. The molecule has 0 aliphatic carbocycles. The summed E-state index contributed by atoms with van der Waals surface area (Å²) in [4.78, 5) is 13.9. The standard InChI is InChI=1S/C21H23BrN2O3S/c1-2-12-24-20-9-5-17(14-18(20)6-10-21(24)25)15-23-28(26,27)13-11-16-3-7-19(22)8-4-16/h3-5,7-9,11,13-14,23H,2,6,10,12,15H2,1H3/b13-11+. The molecule has 0 unspecified atom stereocenters. The smallest absolute Gasteiger partial charge is 0.234 e. The van der Waals surface area contributed by atoms with E-state index in [1.807, 2.05) is 54.3 Å². The predicted molar refractivity (Wildman–Crippen MR) is 116 cm³/mol. The number of hydrogen-bond acceptors (Lipinski definition) is 3. The minimum Gasteiger partial charge on any atom is -0.312 e. The second-order valence-corrected chi connectivity index (χ2v) is 9.30. The number of anilines is 1. The van der Waals surface area contributed by atoms with E-state index in [4.69, 9.17) is 0 Å². The van der Waals surface area contributed by atoms with Gasteiger partial charge in [-0.1, -0.05) is 47.1 Å². The lowest BCUT2D eigenvalue weighted by Gasteiger charge is -2.29. The number of nitrogens with zero attached hydrogens (tertiary/aromatic N) is 1. The third-order valence-electron chi connectivity index (χ3n) is 4.58. The van der Waals surface area contributed by atoms with Gasteiger partial charge >= 0.3 is 0 Å². The fourth-order valence-electron chi connectivity index (χ4n) is 3.17. The van der Waals surface area contributed by atoms with Gasteiger partial charge in [0.1, 0.15) is 0 Å². The van der Waals surface area contributed by atoms with Crippen LogP contribution in [0.25, 0.3) is 6.08 Å². The molecule has 1 N–H and O–H groups in total. The number of sulfonamides is 1. The average molecular weight is 463 g/mol. The van der Waals surface area contributed by atoms with E-state index in [1.54, 1.807) is 6.08 Å². The quantitative estimate of drug-likeness (QED) is 0.669. The molecule has 0 aromatic heterocycles. The highest BCUT2D eigenvalue weighted by atomic mass is 79.9. The molecule has 7 heteroatoms. The minimum atomic E-state index is -3.54. The summed E-state index contributed by atoms with van der Waals surface area (Å²) in [7, 11) is -3.54. The fourth-order valence-corrected chi connectivity index (χ4v) is 4.23. The Morgan fingerprint density at radius 1 is 1.14 bits per heavy atom. The molecule has 0 saturated heterocycles. The van der Waals surface area contributed by atoms with Gasteiger partial charge in [-0.15, -0.1) is 0 Å². The topological polar surface area (TPSA) is 66.5 Å². The van der Waals surface area contributed by atoms with E-state index in [-0.39, 0.29) is 12.5 Å². The molecule has 2 aromatic rings. The van der Waals surface area contributed by atoms with Crippen molar-refractivity contribution in [2.24, 2.45) is 0 Å². The number of carbonyl (C=O) groups is 1. The molecule has 28 heavy (non-hydrogen) atoms. The van der Waals surface area contributed by atoms with Crippen molar-refractivity contribution in [1.82, 2.24) is 4.72 Å². The van der Waals surface area contributed by atoms with Crippen LogP contribution in [0.4, 0.5) is 5.69 Å². The number of amides is 1. The van der Waals surface area contributed by atoms with Crippen LogP contribution in [0.5, 0.6) is 0 Å². The van der Waals surface area contributed by atoms with Gasteiger partial charge in [0.2, 0.25) is 15.9 Å². The molecule has 1 amide bonds. The number of halogens is 1. The summed E-state index contributed by atoms with van der Waals surface area (Å²) >= 11 is 3.35. The average Bonchev–Trinajstić information content (AvgIpc) is 2.68. The summed E-state index contributed by atoms with van der Waals surface area (Å²) in [5.41, 5.74) is 3.73. The van der Waals surface area contributed by atoms with E-state index >= 15 is 0 Å². The van der Waals surface area contributed by atoms with E-state index < -0.39 is 10.0 Å². The fraction of sp³-hybridized carbons (Fsp3) is 0.286. The van der Waals surface area contributed by atoms with Crippen molar-refractivity contribution in [3.63, 3.8) is 0 Å². The van der Waals surface area contributed by atoms with E-state index in [9.17, 15) is 13.2 Å². The number of hydrogen-bond donors (Lipinski definition) is 1. The van der Waals surface area contributed by atoms with Gasteiger partial charge in [0, 0.05) is 35.1 Å². The molecule has 0 fully saturated rings. The highest BCUT2D eigenvalue weighted by Gasteiger charge is 2.23. The summed E-state index contributed by atoms with van der Waals surface area (Å²) in [6.07, 6.45) is 3.66. The van der Waals surface area contributed by atoms with E-state index in [0.717, 1.165) is 33.3 Å². The molecule has 0 bridgehead atoms. The maximum atomic E-state index is 12.3. The number of nitrogens with one attached hydrogen (secondary N) is 1. The zero-order chi connectivity index (χ0) is 20.1. The van der Waals surface area contributed by atoms with Crippen LogP contribution in [-0.2, 0) is 27.8 Å². The molecule has 2 aromatic carbocycles. The second kappa shape index (κ2) is 9.03. The van der Waals surface area contributed by atoms with Crippen LogP contribution in [0.1, 0.15) is 36.5 Å². The Bertz CT molecular complexity index is 985. The lowest BCUT2D eigenvalue weighted by atomic mass is 9.98. The Kier molecular flexibility index (Phi) is 6.69. The molecule has 148 valence electrons. The second-order valence-electron chi connectivity index (χ2n) is 6.73. The Morgan fingerprint density at radius 3 is 2.61 bits per heavy atom. The number of fused-ring (bicyclic) bond motifs is 1. The predicted octanol–water partition coefficient (Wildman–Crippen LogP) is 4.23. The Balaban J connectivity index is 1.67. The Morgan fingerprint density at radius 2 is 1.89 bits per heavy atom. The molecule has 3 rings (SSSR count). The van der Waals surface area contributed by atoms with Crippen LogP contribution >= 0.6 is 15.9 Å². The van der Waals surface area contributed by atoms with Crippen molar-refractivity contribution in [3.05, 3.63) is 69.0 Å². The Hall–Kier alpha value is -1.96. The van der Waals surface area contributed by atoms with Gasteiger partial charge in [-0.25, -0.2) is 13.1 Å². The third-order valence-corrected chi connectivity index (χ3v) is 6.15. The summed E-state index contributed by atoms with van der Waals surface area (Å²) in [5, 5.41) is 1.18. The maximum Gasteiger partial charge on any atom is 0.234 e. The van der Waals surface area contributed by atoms with Gasteiger partial charge in [-0.3, -0.25) is 4.79 Å². The molecule has 0 saturated carbocycles. The summed E-state index contributed by atoms with van der Waals surface area (Å²) in [5.74, 6) is 0.154. The molecule has 0 radical (unpaired) electrons. The highest BCUT2D eigenvalue weighted by Crippen LogP contribution is 2.29. The molecule has 1 aliphatic rings. The van der Waals surface area contributed by atoms with Crippen LogP contribution in [0.2, 0.25) is 0 Å². The van der Waals surface area contributed by atoms with Crippen molar-refractivity contribution in [2.45, 2.75) is 32.7 Å². The molecule has 5 nitrogen and oxygen atoms in total. The number of aryl methyl sites for hydroxylation is 1. The van der Waals surface area contributed by atoms with Gasteiger partial charge in [-0.05, 0) is 53.8 Å². The molecule has 1 heterocycles. The van der Waals surface area contributed by atoms with Crippen LogP contribution in [0, 0.1) is 0 Å². The number of benzene rings is 2. The molecular formula is C21H23BrN2O3S. The summed E-state index contributed by atoms with van der Waals surface area (Å²) in [6.45, 7) is 2.97. The molecular weight excluding hydrogens is 440 g/mol. The van der Waals surface area contributed by atoms with Crippen LogP contribution in [-0.4, -0.2) is 20.9 Å². The normalized spacial score (nSPS) is 14.5. The van der Waals surface area contributed by atoms with Crippen molar-refractivity contribution in [1.29, 1.82) is 0 Å². The third kappa shape index (κ3) is 5.31. The Labute approximate surface area is 174 Å². The molecule has 1 aliphatic heterocycles. The lowest BCUT2D eigenvalue weighted by molar-refractivity contribution is -0.118. The van der Waals surface area contributed by atoms with Crippen LogP contribution in [0.15, 0.2) is 52.3 Å². The maximum absolute atomic E-state index is 12.3. The number of carbonyl (C=O) groups excluding carboxylic acids is 1. The monoisotopic (exact) mass is 462 g/mol.